The van der Waals surface area contributed by atoms with Gasteiger partial charge in [-0.15, -0.1) is 0 Å². The van der Waals surface area contributed by atoms with Gasteiger partial charge in [0, 0.05) is 29.7 Å². The van der Waals surface area contributed by atoms with Crippen LogP contribution < -0.4 is 22.1 Å². The molecule has 0 fully saturated rings. The first-order valence-electron chi connectivity index (χ1n) is 10.1. The molecule has 9 heteroatoms. The van der Waals surface area contributed by atoms with Gasteiger partial charge in [0.1, 0.15) is 5.82 Å². The number of aromatic nitrogens is 3. The quantitative estimate of drug-likeness (QED) is 0.426. The number of pyridine rings is 1. The van der Waals surface area contributed by atoms with E-state index >= 15 is 0 Å². The summed E-state index contributed by atoms with van der Waals surface area (Å²) in [4.78, 5) is 16.1. The Labute approximate surface area is 174 Å². The van der Waals surface area contributed by atoms with Crippen LogP contribution in [0.1, 0.15) is 44.0 Å². The van der Waals surface area contributed by atoms with Crippen LogP contribution in [-0.2, 0) is 6.54 Å². The molecule has 0 saturated carbocycles. The second-order valence-electron chi connectivity index (χ2n) is 7.35. The van der Waals surface area contributed by atoms with E-state index in [1.54, 1.807) is 6.20 Å². The van der Waals surface area contributed by atoms with Crippen molar-refractivity contribution in [2.24, 2.45) is 11.5 Å². The minimum Gasteiger partial charge on any atom is -0.365 e. The van der Waals surface area contributed by atoms with Crippen molar-refractivity contribution >= 4 is 34.1 Å². The van der Waals surface area contributed by atoms with Crippen molar-refractivity contribution in [1.82, 2.24) is 14.8 Å². The maximum Gasteiger partial charge on any atom is 0.252 e. The zero-order valence-corrected chi connectivity index (χ0v) is 17.4. The number of primary amides is 1. The lowest BCUT2D eigenvalue weighted by atomic mass is 10.1. The van der Waals surface area contributed by atoms with Crippen molar-refractivity contribution in [1.29, 1.82) is 0 Å². The number of rotatable bonds is 9. The average molecular weight is 414 g/mol. The van der Waals surface area contributed by atoms with Gasteiger partial charge in [-0.1, -0.05) is 13.8 Å². The summed E-state index contributed by atoms with van der Waals surface area (Å²) >= 11 is 0. The summed E-state index contributed by atoms with van der Waals surface area (Å²) in [5.41, 5.74) is 13.1. The van der Waals surface area contributed by atoms with Crippen LogP contribution in [-0.4, -0.2) is 32.8 Å². The molecule has 0 saturated heterocycles. The summed E-state index contributed by atoms with van der Waals surface area (Å²) in [5.74, 6) is -1.26. The van der Waals surface area contributed by atoms with Gasteiger partial charge in [0.25, 0.3) is 5.91 Å². The number of hydrogen-bond acceptors (Lipinski definition) is 6. The van der Waals surface area contributed by atoms with E-state index < -0.39 is 11.7 Å². The third-order valence-electron chi connectivity index (χ3n) is 5.06. The molecule has 3 rings (SSSR count). The molecule has 0 bridgehead atoms. The van der Waals surface area contributed by atoms with Crippen LogP contribution in [0.3, 0.4) is 0 Å². The maximum atomic E-state index is 14.5. The van der Waals surface area contributed by atoms with Gasteiger partial charge >= 0.3 is 0 Å². The van der Waals surface area contributed by atoms with E-state index in [0.29, 0.717) is 5.69 Å². The lowest BCUT2D eigenvalue weighted by Crippen LogP contribution is -2.38. The van der Waals surface area contributed by atoms with Gasteiger partial charge in [-0.25, -0.2) is 9.37 Å². The molecule has 30 heavy (non-hydrogen) atoms. The Morgan fingerprint density at radius 3 is 2.70 bits per heavy atom. The van der Waals surface area contributed by atoms with Gasteiger partial charge in [0.05, 0.1) is 17.3 Å². The summed E-state index contributed by atoms with van der Waals surface area (Å²) in [5, 5.41) is 11.4. The molecule has 0 aliphatic rings. The van der Waals surface area contributed by atoms with Gasteiger partial charge < -0.3 is 22.1 Å². The molecule has 2 atom stereocenters. The van der Waals surface area contributed by atoms with Crippen molar-refractivity contribution in [3.05, 3.63) is 41.8 Å². The summed E-state index contributed by atoms with van der Waals surface area (Å²) in [6.45, 7) is 6.73. The van der Waals surface area contributed by atoms with Gasteiger partial charge in [0.15, 0.2) is 11.6 Å². The fourth-order valence-electron chi connectivity index (χ4n) is 3.24. The topological polar surface area (TPSA) is 124 Å². The number of halogens is 1. The van der Waals surface area contributed by atoms with E-state index in [0.717, 1.165) is 36.4 Å². The Kier molecular flexibility index (Phi) is 6.51. The molecular formula is C21H28FN7O. The lowest BCUT2D eigenvalue weighted by Gasteiger charge is -2.21. The fraction of sp³-hybridized carbons (Fsp3) is 0.381. The van der Waals surface area contributed by atoms with Crippen LogP contribution in [0.4, 0.5) is 21.7 Å². The first kappa shape index (κ1) is 21.5. The summed E-state index contributed by atoms with van der Waals surface area (Å²) in [6, 6.07) is 6.41. The van der Waals surface area contributed by atoms with Crippen LogP contribution in [0.5, 0.6) is 0 Å². The number of nitrogens with one attached hydrogen (secondary N) is 2. The number of nitrogens with zero attached hydrogens (tertiary/aromatic N) is 3. The number of carbonyl (C=O) groups excluding carboxylic acids is 1. The van der Waals surface area contributed by atoms with E-state index in [4.69, 9.17) is 11.5 Å². The number of nitrogens with two attached hydrogens (primary N) is 2. The second kappa shape index (κ2) is 9.08. The summed E-state index contributed by atoms with van der Waals surface area (Å²) in [7, 11) is 0. The SMILES string of the molecule is CCCn1ncc2cc(Nc3nc(N[C@H](C)[C@@H](N)CC)c(F)cc3C(N)=O)ccc21. The van der Waals surface area contributed by atoms with E-state index in [2.05, 4.69) is 27.6 Å². The van der Waals surface area contributed by atoms with Gasteiger partial charge in [-0.05, 0) is 44.0 Å². The number of hydrogen-bond donors (Lipinski definition) is 4. The number of carbonyl (C=O) groups is 1. The molecule has 8 nitrogen and oxygen atoms in total. The van der Waals surface area contributed by atoms with Crippen molar-refractivity contribution in [3.8, 4) is 0 Å². The highest BCUT2D eigenvalue weighted by Gasteiger charge is 2.19. The molecule has 0 aliphatic heterocycles. The van der Waals surface area contributed by atoms with Crippen LogP contribution in [0, 0.1) is 5.82 Å². The first-order valence-corrected chi connectivity index (χ1v) is 10.1. The normalized spacial score (nSPS) is 13.2. The molecule has 0 radical (unpaired) electrons. The summed E-state index contributed by atoms with van der Waals surface area (Å²) < 4.78 is 16.5. The first-order chi connectivity index (χ1) is 14.3. The minimum atomic E-state index is -0.773. The Bertz CT molecular complexity index is 1050. The smallest absolute Gasteiger partial charge is 0.252 e. The number of fused-ring (bicyclic) bond motifs is 1. The monoisotopic (exact) mass is 413 g/mol. The Balaban J connectivity index is 1.94. The number of anilines is 3. The van der Waals surface area contributed by atoms with Crippen molar-refractivity contribution in [2.75, 3.05) is 10.6 Å². The van der Waals surface area contributed by atoms with E-state index in [1.165, 1.54) is 0 Å². The highest BCUT2D eigenvalue weighted by atomic mass is 19.1. The fourth-order valence-corrected chi connectivity index (χ4v) is 3.24. The standard InChI is InChI=1S/C21H28FN7O/c1-4-8-29-18-7-6-14(9-13(18)11-25-29)27-20-15(19(24)30)10-16(22)21(28-20)26-12(3)17(23)5-2/h6-7,9-12,17H,4-5,8,23H2,1-3H3,(H2,24,30)(H2,26,27,28)/t12-,17+/m1/s1. The zero-order valence-electron chi connectivity index (χ0n) is 17.4. The highest BCUT2D eigenvalue weighted by molar-refractivity contribution is 5.99. The molecule has 6 N–H and O–H groups in total. The van der Waals surface area contributed by atoms with Crippen molar-refractivity contribution < 1.29 is 9.18 Å². The lowest BCUT2D eigenvalue weighted by molar-refractivity contribution is 0.100. The molecule has 1 amide bonds. The van der Waals surface area contributed by atoms with E-state index in [1.807, 2.05) is 36.7 Å². The third kappa shape index (κ3) is 4.51. The number of aryl methyl sites for hydroxylation is 1. The Morgan fingerprint density at radius 1 is 1.27 bits per heavy atom. The van der Waals surface area contributed by atoms with Crippen molar-refractivity contribution in [2.45, 2.75) is 52.2 Å². The van der Waals surface area contributed by atoms with Crippen LogP contribution >= 0.6 is 0 Å². The zero-order chi connectivity index (χ0) is 21.8. The molecule has 0 aliphatic carbocycles. The predicted octanol–water partition coefficient (Wildman–Crippen LogP) is 3.36. The van der Waals surface area contributed by atoms with Crippen LogP contribution in [0.2, 0.25) is 0 Å². The highest BCUT2D eigenvalue weighted by Crippen LogP contribution is 2.26. The largest absolute Gasteiger partial charge is 0.365 e. The number of amides is 1. The number of benzene rings is 1. The van der Waals surface area contributed by atoms with Crippen LogP contribution in [0.15, 0.2) is 30.5 Å². The maximum absolute atomic E-state index is 14.5. The minimum absolute atomic E-state index is 0.00995. The Hall–Kier alpha value is -3.20. The summed E-state index contributed by atoms with van der Waals surface area (Å²) in [6.07, 6.45) is 3.49. The van der Waals surface area contributed by atoms with Crippen LogP contribution in [0.25, 0.3) is 10.9 Å². The van der Waals surface area contributed by atoms with E-state index in [-0.39, 0.29) is 29.3 Å². The molecule has 1 aromatic carbocycles. The van der Waals surface area contributed by atoms with Gasteiger partial charge in [0.2, 0.25) is 0 Å². The van der Waals surface area contributed by atoms with E-state index in [9.17, 15) is 9.18 Å². The third-order valence-corrected chi connectivity index (χ3v) is 5.06. The molecule has 3 aromatic rings. The van der Waals surface area contributed by atoms with Gasteiger partial charge in [-0.3, -0.25) is 9.48 Å². The predicted molar refractivity (Wildman–Crippen MR) is 117 cm³/mol. The average Bonchev–Trinajstić information content (AvgIpc) is 3.11. The molecule has 0 spiro atoms. The second-order valence-corrected chi connectivity index (χ2v) is 7.35. The van der Waals surface area contributed by atoms with Gasteiger partial charge in [-0.2, -0.15) is 5.10 Å². The molecule has 2 aromatic heterocycles. The molecule has 0 unspecified atom stereocenters. The molecule has 2 heterocycles. The molecular weight excluding hydrogens is 385 g/mol. The Morgan fingerprint density at radius 2 is 2.03 bits per heavy atom. The molecule has 160 valence electrons. The van der Waals surface area contributed by atoms with Crippen molar-refractivity contribution in [3.63, 3.8) is 0 Å².